The second-order valence-corrected chi connectivity index (χ2v) is 3.72. The molecule has 0 atom stereocenters. The van der Waals surface area contributed by atoms with Gasteiger partial charge in [0.1, 0.15) is 5.75 Å². The molecule has 17 heavy (non-hydrogen) atoms. The van der Waals surface area contributed by atoms with E-state index in [1.165, 1.54) is 5.56 Å². The number of methoxy groups -OCH3 is 2. The number of benzene rings is 1. The minimum absolute atomic E-state index is 0.546. The zero-order valence-corrected chi connectivity index (χ0v) is 10.8. The van der Waals surface area contributed by atoms with Crippen LogP contribution in [0.1, 0.15) is 11.1 Å². The van der Waals surface area contributed by atoms with E-state index < -0.39 is 0 Å². The quantitative estimate of drug-likeness (QED) is 0.699. The molecule has 1 rings (SSSR count). The third-order valence-electron chi connectivity index (χ3n) is 2.42. The van der Waals surface area contributed by atoms with Crippen molar-refractivity contribution in [1.82, 2.24) is 5.32 Å². The van der Waals surface area contributed by atoms with Gasteiger partial charge in [0.2, 0.25) is 0 Å². The summed E-state index contributed by atoms with van der Waals surface area (Å²) in [5, 5.41) is 3.12. The zero-order valence-electron chi connectivity index (χ0n) is 10.8. The third kappa shape index (κ3) is 4.73. The average molecular weight is 239 g/mol. The molecule has 0 fully saturated rings. The summed E-state index contributed by atoms with van der Waals surface area (Å²) in [5.41, 5.74) is 2.29. The topological polar surface area (TPSA) is 39.7 Å². The van der Waals surface area contributed by atoms with Crippen LogP contribution in [0.5, 0.6) is 5.75 Å². The van der Waals surface area contributed by atoms with Crippen LogP contribution >= 0.6 is 0 Å². The molecule has 0 aromatic heterocycles. The molecule has 1 N–H and O–H groups in total. The Morgan fingerprint density at radius 2 is 2.00 bits per heavy atom. The highest BCUT2D eigenvalue weighted by Gasteiger charge is 2.04. The van der Waals surface area contributed by atoms with Gasteiger partial charge in [-0.3, -0.25) is 0 Å². The summed E-state index contributed by atoms with van der Waals surface area (Å²) >= 11 is 0. The maximum atomic E-state index is 5.51. The predicted octanol–water partition coefficient (Wildman–Crippen LogP) is 1.58. The molecule has 0 amide bonds. The van der Waals surface area contributed by atoms with Gasteiger partial charge in [0.15, 0.2) is 0 Å². The van der Waals surface area contributed by atoms with Gasteiger partial charge in [0.25, 0.3) is 0 Å². The highest BCUT2D eigenvalue weighted by molar-refractivity contribution is 5.36. The summed E-state index contributed by atoms with van der Waals surface area (Å²) in [6.07, 6.45) is 0. The van der Waals surface area contributed by atoms with Crippen LogP contribution in [0.25, 0.3) is 0 Å². The molecular formula is C13H21NO3. The SMILES string of the molecule is CNCc1ccc(OC)c(COCCOC)c1. The molecule has 0 spiro atoms. The molecule has 0 aliphatic rings. The maximum Gasteiger partial charge on any atom is 0.124 e. The lowest BCUT2D eigenvalue weighted by Crippen LogP contribution is -2.07. The number of rotatable bonds is 8. The Bertz CT molecular complexity index is 328. The van der Waals surface area contributed by atoms with Crippen molar-refractivity contribution >= 4 is 0 Å². The average Bonchev–Trinajstić information content (AvgIpc) is 2.35. The number of ether oxygens (including phenoxy) is 3. The van der Waals surface area contributed by atoms with Crippen LogP contribution in [-0.2, 0) is 22.6 Å². The summed E-state index contributed by atoms with van der Waals surface area (Å²) in [5.74, 6) is 0.863. The van der Waals surface area contributed by atoms with Gasteiger partial charge in [-0.2, -0.15) is 0 Å². The van der Waals surface area contributed by atoms with Gasteiger partial charge in [-0.05, 0) is 24.7 Å². The van der Waals surface area contributed by atoms with Crippen molar-refractivity contribution in [3.63, 3.8) is 0 Å². The normalized spacial score (nSPS) is 10.5. The first-order valence-electron chi connectivity index (χ1n) is 5.69. The van der Waals surface area contributed by atoms with Gasteiger partial charge in [0, 0.05) is 19.2 Å². The van der Waals surface area contributed by atoms with Gasteiger partial charge < -0.3 is 19.5 Å². The van der Waals surface area contributed by atoms with Crippen LogP contribution in [0, 0.1) is 0 Å². The minimum Gasteiger partial charge on any atom is -0.496 e. The van der Waals surface area contributed by atoms with Crippen LogP contribution in [0.2, 0.25) is 0 Å². The van der Waals surface area contributed by atoms with Gasteiger partial charge in [-0.15, -0.1) is 0 Å². The fraction of sp³-hybridized carbons (Fsp3) is 0.538. The summed E-state index contributed by atoms with van der Waals surface area (Å²) in [7, 11) is 5.27. The number of hydrogen-bond donors (Lipinski definition) is 1. The van der Waals surface area contributed by atoms with Crippen molar-refractivity contribution in [3.8, 4) is 5.75 Å². The molecule has 0 aliphatic carbocycles. The Morgan fingerprint density at radius 3 is 2.65 bits per heavy atom. The van der Waals surface area contributed by atoms with Gasteiger partial charge in [-0.25, -0.2) is 0 Å². The van der Waals surface area contributed by atoms with Crippen LogP contribution in [-0.4, -0.2) is 34.5 Å². The monoisotopic (exact) mass is 239 g/mol. The maximum absolute atomic E-state index is 5.51. The van der Waals surface area contributed by atoms with E-state index in [1.807, 2.05) is 19.2 Å². The largest absolute Gasteiger partial charge is 0.496 e. The van der Waals surface area contributed by atoms with Crippen molar-refractivity contribution in [2.45, 2.75) is 13.2 Å². The summed E-state index contributed by atoms with van der Waals surface area (Å²) in [6.45, 7) is 2.59. The highest BCUT2D eigenvalue weighted by Crippen LogP contribution is 2.20. The number of nitrogens with one attached hydrogen (secondary N) is 1. The first-order valence-corrected chi connectivity index (χ1v) is 5.69. The first kappa shape index (κ1) is 14.0. The fourth-order valence-corrected chi connectivity index (χ4v) is 1.58. The second-order valence-electron chi connectivity index (χ2n) is 3.72. The molecule has 0 radical (unpaired) electrons. The Labute approximate surface area is 103 Å². The van der Waals surface area contributed by atoms with Crippen molar-refractivity contribution < 1.29 is 14.2 Å². The van der Waals surface area contributed by atoms with E-state index in [4.69, 9.17) is 14.2 Å². The minimum atomic E-state index is 0.546. The molecule has 4 heteroatoms. The van der Waals surface area contributed by atoms with E-state index in [2.05, 4.69) is 11.4 Å². The van der Waals surface area contributed by atoms with Gasteiger partial charge >= 0.3 is 0 Å². The van der Waals surface area contributed by atoms with Crippen molar-refractivity contribution in [2.75, 3.05) is 34.5 Å². The Morgan fingerprint density at radius 1 is 1.18 bits per heavy atom. The van der Waals surface area contributed by atoms with Gasteiger partial charge in [0.05, 0.1) is 26.9 Å². The molecule has 96 valence electrons. The molecule has 0 saturated carbocycles. The van der Waals surface area contributed by atoms with E-state index in [0.29, 0.717) is 19.8 Å². The third-order valence-corrected chi connectivity index (χ3v) is 2.42. The van der Waals surface area contributed by atoms with E-state index in [9.17, 15) is 0 Å². The molecule has 4 nitrogen and oxygen atoms in total. The predicted molar refractivity (Wildman–Crippen MR) is 67.3 cm³/mol. The Kier molecular flexibility index (Phi) is 6.62. The van der Waals surface area contributed by atoms with Crippen LogP contribution in [0.4, 0.5) is 0 Å². The lowest BCUT2D eigenvalue weighted by Gasteiger charge is -2.11. The number of hydrogen-bond acceptors (Lipinski definition) is 4. The van der Waals surface area contributed by atoms with Gasteiger partial charge in [-0.1, -0.05) is 6.07 Å². The molecule has 0 aliphatic heterocycles. The Balaban J connectivity index is 2.62. The Hall–Kier alpha value is -1.10. The first-order chi connectivity index (χ1) is 8.31. The highest BCUT2D eigenvalue weighted by atomic mass is 16.5. The molecular weight excluding hydrogens is 218 g/mol. The molecule has 0 saturated heterocycles. The summed E-state index contributed by atoms with van der Waals surface area (Å²) in [6, 6.07) is 6.12. The van der Waals surface area contributed by atoms with Crippen molar-refractivity contribution in [3.05, 3.63) is 29.3 Å². The lowest BCUT2D eigenvalue weighted by molar-refractivity contribution is 0.0607. The standard InChI is InChI=1S/C13H21NO3/c1-14-9-11-4-5-13(16-3)12(8-11)10-17-7-6-15-2/h4-5,8,14H,6-7,9-10H2,1-3H3. The molecule has 0 bridgehead atoms. The van der Waals surface area contributed by atoms with E-state index in [0.717, 1.165) is 17.9 Å². The van der Waals surface area contributed by atoms with Crippen LogP contribution in [0.3, 0.4) is 0 Å². The smallest absolute Gasteiger partial charge is 0.124 e. The summed E-state index contributed by atoms with van der Waals surface area (Å²) in [4.78, 5) is 0. The molecule has 0 heterocycles. The van der Waals surface area contributed by atoms with E-state index in [1.54, 1.807) is 14.2 Å². The van der Waals surface area contributed by atoms with E-state index >= 15 is 0 Å². The van der Waals surface area contributed by atoms with E-state index in [-0.39, 0.29) is 0 Å². The fourth-order valence-electron chi connectivity index (χ4n) is 1.58. The lowest BCUT2D eigenvalue weighted by atomic mass is 10.1. The second kappa shape index (κ2) is 8.06. The molecule has 1 aromatic rings. The summed E-state index contributed by atoms with van der Waals surface area (Å²) < 4.78 is 15.7. The van der Waals surface area contributed by atoms with Crippen molar-refractivity contribution in [2.24, 2.45) is 0 Å². The zero-order chi connectivity index (χ0) is 12.5. The van der Waals surface area contributed by atoms with Crippen molar-refractivity contribution in [1.29, 1.82) is 0 Å². The van der Waals surface area contributed by atoms with Crippen LogP contribution < -0.4 is 10.1 Å². The van der Waals surface area contributed by atoms with Crippen LogP contribution in [0.15, 0.2) is 18.2 Å². The molecule has 1 aromatic carbocycles. The molecule has 0 unspecified atom stereocenters.